The van der Waals surface area contributed by atoms with Crippen molar-refractivity contribution in [2.45, 2.75) is 26.6 Å². The number of guanidine groups is 1. The molecule has 0 fully saturated rings. The molecule has 2 heterocycles. The molecule has 0 atom stereocenters. The molecule has 1 aromatic heterocycles. The molecule has 0 amide bonds. The smallest absolute Gasteiger partial charge is 0.387 e. The van der Waals surface area contributed by atoms with Crippen molar-refractivity contribution in [1.82, 2.24) is 25.8 Å². The fourth-order valence-electron chi connectivity index (χ4n) is 3.16. The van der Waals surface area contributed by atoms with Crippen molar-refractivity contribution in [3.8, 4) is 28.6 Å². The maximum absolute atomic E-state index is 12.9. The van der Waals surface area contributed by atoms with E-state index in [2.05, 4.69) is 35.5 Å². The minimum absolute atomic E-state index is 0.0207. The van der Waals surface area contributed by atoms with Gasteiger partial charge in [0.2, 0.25) is 6.79 Å². The van der Waals surface area contributed by atoms with Crippen LogP contribution in [0.25, 0.3) is 11.4 Å². The van der Waals surface area contributed by atoms with Crippen LogP contribution >= 0.6 is 0 Å². The highest BCUT2D eigenvalue weighted by Crippen LogP contribution is 2.38. The predicted molar refractivity (Wildman–Crippen MR) is 113 cm³/mol. The largest absolute Gasteiger partial charge is 0.454 e. The quantitative estimate of drug-likeness (QED) is 0.362. The molecule has 0 saturated heterocycles. The zero-order valence-electron chi connectivity index (χ0n) is 17.3. The lowest BCUT2D eigenvalue weighted by Gasteiger charge is -2.15. The number of aromatic amines is 1. The van der Waals surface area contributed by atoms with Gasteiger partial charge in [-0.15, -0.1) is 0 Å². The average Bonchev–Trinajstić information content (AvgIpc) is 3.47. The van der Waals surface area contributed by atoms with Gasteiger partial charge in [-0.25, -0.2) is 9.98 Å². The van der Waals surface area contributed by atoms with Crippen LogP contribution in [0.3, 0.4) is 0 Å². The number of hydrogen-bond acceptors (Lipinski definition) is 6. The lowest BCUT2D eigenvalue weighted by Crippen LogP contribution is -2.36. The Balaban J connectivity index is 1.47. The minimum atomic E-state index is -2.95. The predicted octanol–water partition coefficient (Wildman–Crippen LogP) is 3.06. The molecule has 1 aliphatic heterocycles. The Morgan fingerprint density at radius 3 is 2.81 bits per heavy atom. The molecule has 3 aromatic rings. The normalized spacial score (nSPS) is 12.8. The average molecular weight is 444 g/mol. The second-order valence-corrected chi connectivity index (χ2v) is 6.77. The van der Waals surface area contributed by atoms with Crippen LogP contribution in [0.1, 0.15) is 18.1 Å². The molecule has 168 valence electrons. The van der Waals surface area contributed by atoms with Crippen molar-refractivity contribution in [3.63, 3.8) is 0 Å². The number of aliphatic imine (C=N–C) groups is 1. The molecule has 0 saturated carbocycles. The molecule has 0 bridgehead atoms. The molecule has 11 heteroatoms. The first-order valence-corrected chi connectivity index (χ1v) is 9.96. The number of benzene rings is 2. The van der Waals surface area contributed by atoms with Gasteiger partial charge >= 0.3 is 6.61 Å². The van der Waals surface area contributed by atoms with E-state index < -0.39 is 6.61 Å². The van der Waals surface area contributed by atoms with Crippen LogP contribution in [0.15, 0.2) is 47.7 Å². The zero-order valence-corrected chi connectivity index (χ0v) is 17.3. The molecular formula is C21H22F2N6O3. The van der Waals surface area contributed by atoms with Crippen molar-refractivity contribution in [3.05, 3.63) is 53.9 Å². The maximum Gasteiger partial charge on any atom is 0.387 e. The number of nitrogens with zero attached hydrogens (tertiary/aromatic N) is 3. The van der Waals surface area contributed by atoms with Crippen molar-refractivity contribution < 1.29 is 23.0 Å². The molecule has 9 nitrogen and oxygen atoms in total. The van der Waals surface area contributed by atoms with Gasteiger partial charge in [0.15, 0.2) is 23.3 Å². The SMILES string of the molecule is CCNC(=NCc1cccc(-c2ncn[nH]2)c1)NCc1cc2c(cc1OC(F)F)OCO2. The van der Waals surface area contributed by atoms with Crippen molar-refractivity contribution >= 4 is 5.96 Å². The third kappa shape index (κ3) is 5.23. The summed E-state index contributed by atoms with van der Waals surface area (Å²) in [5.41, 5.74) is 2.37. The van der Waals surface area contributed by atoms with Crippen LogP contribution in [0.2, 0.25) is 0 Å². The van der Waals surface area contributed by atoms with Gasteiger partial charge in [-0.2, -0.15) is 13.9 Å². The molecule has 0 spiro atoms. The van der Waals surface area contributed by atoms with Crippen molar-refractivity contribution in [2.75, 3.05) is 13.3 Å². The van der Waals surface area contributed by atoms with Gasteiger partial charge in [0.25, 0.3) is 0 Å². The highest BCUT2D eigenvalue weighted by atomic mass is 19.3. The molecule has 4 rings (SSSR count). The van der Waals surface area contributed by atoms with Gasteiger partial charge < -0.3 is 24.8 Å². The number of ether oxygens (including phenoxy) is 3. The number of aromatic nitrogens is 3. The highest BCUT2D eigenvalue weighted by Gasteiger charge is 2.20. The van der Waals surface area contributed by atoms with Crippen LogP contribution in [-0.2, 0) is 13.1 Å². The summed E-state index contributed by atoms with van der Waals surface area (Å²) in [5.74, 6) is 2.08. The van der Waals surface area contributed by atoms with Gasteiger partial charge in [0.05, 0.1) is 6.54 Å². The summed E-state index contributed by atoms with van der Waals surface area (Å²) in [6, 6.07) is 10.8. The number of nitrogens with one attached hydrogen (secondary N) is 3. The second kappa shape index (κ2) is 9.94. The maximum atomic E-state index is 12.9. The van der Waals surface area contributed by atoms with E-state index >= 15 is 0 Å². The second-order valence-electron chi connectivity index (χ2n) is 6.77. The first kappa shape index (κ1) is 21.3. The van der Waals surface area contributed by atoms with Crippen LogP contribution in [0.5, 0.6) is 17.2 Å². The Bertz CT molecular complexity index is 1080. The number of fused-ring (bicyclic) bond motifs is 1. The summed E-state index contributed by atoms with van der Waals surface area (Å²) in [7, 11) is 0. The molecule has 2 aromatic carbocycles. The minimum Gasteiger partial charge on any atom is -0.454 e. The van der Waals surface area contributed by atoms with Gasteiger partial charge in [-0.1, -0.05) is 18.2 Å². The lowest BCUT2D eigenvalue weighted by molar-refractivity contribution is -0.0505. The van der Waals surface area contributed by atoms with E-state index in [1.54, 1.807) is 6.07 Å². The number of H-pyrrole nitrogens is 1. The summed E-state index contributed by atoms with van der Waals surface area (Å²) in [4.78, 5) is 8.74. The third-order valence-corrected chi connectivity index (χ3v) is 4.60. The molecule has 32 heavy (non-hydrogen) atoms. The molecule has 0 radical (unpaired) electrons. The van der Waals surface area contributed by atoms with E-state index in [0.29, 0.717) is 41.9 Å². The first-order valence-electron chi connectivity index (χ1n) is 9.96. The molecule has 0 unspecified atom stereocenters. The topological polar surface area (TPSA) is 106 Å². The molecule has 1 aliphatic rings. The number of halogens is 2. The standard InChI is InChI=1S/C21H22F2N6O3/c1-2-24-21(25-9-13-4-3-5-14(6-13)19-27-11-28-29-19)26-10-15-7-17-18(31-12-30-17)8-16(15)32-20(22)23/h3-8,11,20H,2,9-10,12H2,1H3,(H2,24,25,26)(H,27,28,29). The van der Waals surface area contributed by atoms with E-state index in [-0.39, 0.29) is 19.1 Å². The van der Waals surface area contributed by atoms with E-state index in [4.69, 9.17) is 9.47 Å². The van der Waals surface area contributed by atoms with Crippen LogP contribution < -0.4 is 24.8 Å². The van der Waals surface area contributed by atoms with E-state index in [0.717, 1.165) is 11.1 Å². The summed E-state index contributed by atoms with van der Waals surface area (Å²) in [6.07, 6.45) is 1.45. The van der Waals surface area contributed by atoms with Gasteiger partial charge in [0, 0.05) is 30.3 Å². The van der Waals surface area contributed by atoms with Gasteiger partial charge in [0.1, 0.15) is 12.1 Å². The fraction of sp³-hybridized carbons (Fsp3) is 0.286. The summed E-state index contributed by atoms with van der Waals surface area (Å²) < 4.78 is 41.0. The van der Waals surface area contributed by atoms with Crippen LogP contribution in [0, 0.1) is 0 Å². The highest BCUT2D eigenvalue weighted by molar-refractivity contribution is 5.79. The fourth-order valence-corrected chi connectivity index (χ4v) is 3.16. The Hall–Kier alpha value is -3.89. The Morgan fingerprint density at radius 2 is 2.06 bits per heavy atom. The Labute approximate surface area is 182 Å². The van der Waals surface area contributed by atoms with Crippen LogP contribution in [-0.4, -0.2) is 41.1 Å². The molecule has 3 N–H and O–H groups in total. The Morgan fingerprint density at radius 1 is 1.22 bits per heavy atom. The van der Waals surface area contributed by atoms with E-state index in [1.807, 2.05) is 31.2 Å². The van der Waals surface area contributed by atoms with Crippen LogP contribution in [0.4, 0.5) is 8.78 Å². The Kier molecular flexibility index (Phi) is 6.63. The monoisotopic (exact) mass is 444 g/mol. The van der Waals surface area contributed by atoms with Gasteiger partial charge in [-0.05, 0) is 24.6 Å². The van der Waals surface area contributed by atoms with E-state index in [1.165, 1.54) is 12.4 Å². The number of hydrogen-bond donors (Lipinski definition) is 3. The summed E-state index contributed by atoms with van der Waals surface area (Å²) in [5, 5.41) is 13.0. The van der Waals surface area contributed by atoms with Crippen molar-refractivity contribution in [1.29, 1.82) is 0 Å². The lowest BCUT2D eigenvalue weighted by atomic mass is 10.1. The summed E-state index contributed by atoms with van der Waals surface area (Å²) >= 11 is 0. The number of rotatable bonds is 8. The van der Waals surface area contributed by atoms with Gasteiger partial charge in [-0.3, -0.25) is 5.10 Å². The number of alkyl halides is 2. The first-order chi connectivity index (χ1) is 15.6. The zero-order chi connectivity index (χ0) is 22.3. The molecular weight excluding hydrogens is 422 g/mol. The third-order valence-electron chi connectivity index (χ3n) is 4.60. The van der Waals surface area contributed by atoms with E-state index in [9.17, 15) is 8.78 Å². The van der Waals surface area contributed by atoms with Crippen molar-refractivity contribution in [2.24, 2.45) is 4.99 Å². The summed E-state index contributed by atoms with van der Waals surface area (Å²) in [6.45, 7) is 0.255. The molecule has 0 aliphatic carbocycles.